The van der Waals surface area contributed by atoms with E-state index in [0.717, 1.165) is 23.0 Å². The number of halogens is 3. The number of hydrogen-bond acceptors (Lipinski definition) is 4. The van der Waals surface area contributed by atoms with Crippen LogP contribution in [0.25, 0.3) is 15.4 Å². The average molecular weight is 297 g/mol. The Balaban J connectivity index is 2.26. The Kier molecular flexibility index (Phi) is 2.82. The molecule has 0 aliphatic heterocycles. The molecule has 1 aromatic carbocycles. The van der Waals surface area contributed by atoms with Gasteiger partial charge >= 0.3 is 6.18 Å². The zero-order valence-corrected chi connectivity index (χ0v) is 10.6. The molecular formula is C12H6F3N3OS. The summed E-state index contributed by atoms with van der Waals surface area (Å²) in [7, 11) is 0. The van der Waals surface area contributed by atoms with E-state index in [1.165, 1.54) is 0 Å². The minimum atomic E-state index is -4.71. The lowest BCUT2D eigenvalue weighted by Gasteiger charge is -2.04. The lowest BCUT2D eigenvalue weighted by molar-refractivity contribution is -0.145. The molecule has 20 heavy (non-hydrogen) atoms. The van der Waals surface area contributed by atoms with E-state index in [-0.39, 0.29) is 4.96 Å². The predicted octanol–water partition coefficient (Wildman–Crippen LogP) is 2.84. The van der Waals surface area contributed by atoms with Gasteiger partial charge in [-0.05, 0) is 5.56 Å². The van der Waals surface area contributed by atoms with Crippen LogP contribution in [-0.4, -0.2) is 14.6 Å². The second-order valence-corrected chi connectivity index (χ2v) is 4.96. The van der Waals surface area contributed by atoms with Crippen molar-refractivity contribution in [1.82, 2.24) is 14.6 Å². The number of aromatic nitrogens is 3. The van der Waals surface area contributed by atoms with Crippen molar-refractivity contribution in [3.63, 3.8) is 0 Å². The van der Waals surface area contributed by atoms with E-state index in [1.807, 2.05) is 6.07 Å². The molecule has 0 saturated carbocycles. The number of hydrogen-bond donors (Lipinski definition) is 0. The fourth-order valence-corrected chi connectivity index (χ4v) is 2.73. The van der Waals surface area contributed by atoms with Gasteiger partial charge in [0.05, 0.1) is 0 Å². The molecule has 0 fully saturated rings. The number of rotatable bonds is 1. The van der Waals surface area contributed by atoms with Crippen molar-refractivity contribution in [3.05, 3.63) is 52.6 Å². The zero-order valence-electron chi connectivity index (χ0n) is 9.76. The Labute approximate surface area is 114 Å². The van der Waals surface area contributed by atoms with Gasteiger partial charge in [-0.3, -0.25) is 4.79 Å². The van der Waals surface area contributed by atoms with E-state index in [1.54, 1.807) is 24.3 Å². The lowest BCUT2D eigenvalue weighted by atomic mass is 10.2. The van der Waals surface area contributed by atoms with Crippen LogP contribution in [0, 0.1) is 0 Å². The van der Waals surface area contributed by atoms with Gasteiger partial charge in [0.2, 0.25) is 10.8 Å². The van der Waals surface area contributed by atoms with Gasteiger partial charge < -0.3 is 0 Å². The highest BCUT2D eigenvalue weighted by atomic mass is 32.1. The first-order valence-electron chi connectivity index (χ1n) is 5.49. The van der Waals surface area contributed by atoms with Crippen molar-refractivity contribution in [2.45, 2.75) is 6.18 Å². The summed E-state index contributed by atoms with van der Waals surface area (Å²) in [5.41, 5.74) is -0.0522. The summed E-state index contributed by atoms with van der Waals surface area (Å²) < 4.78 is 38.6. The van der Waals surface area contributed by atoms with Gasteiger partial charge in [-0.15, -0.1) is 10.2 Å². The molecule has 0 aliphatic rings. The molecule has 0 bridgehead atoms. The Morgan fingerprint density at radius 3 is 2.45 bits per heavy atom. The molecule has 0 aliphatic carbocycles. The largest absolute Gasteiger partial charge is 0.452 e. The van der Waals surface area contributed by atoms with E-state index in [4.69, 9.17) is 0 Å². The highest BCUT2D eigenvalue weighted by Crippen LogP contribution is 2.30. The van der Waals surface area contributed by atoms with Gasteiger partial charge in [-0.2, -0.15) is 13.2 Å². The highest BCUT2D eigenvalue weighted by molar-refractivity contribution is 7.19. The van der Waals surface area contributed by atoms with Crippen LogP contribution in [-0.2, 0) is 6.18 Å². The smallest absolute Gasteiger partial charge is 0.269 e. The van der Waals surface area contributed by atoms with Crippen molar-refractivity contribution in [1.29, 1.82) is 0 Å². The van der Waals surface area contributed by atoms with Gasteiger partial charge in [0.1, 0.15) is 0 Å². The molecule has 0 unspecified atom stereocenters. The topological polar surface area (TPSA) is 47.3 Å². The highest BCUT2D eigenvalue weighted by Gasteiger charge is 2.37. The Hall–Kier alpha value is -2.22. The van der Waals surface area contributed by atoms with Gasteiger partial charge in [0, 0.05) is 10.9 Å². The van der Waals surface area contributed by atoms with E-state index < -0.39 is 17.6 Å². The second kappa shape index (κ2) is 4.41. The molecule has 0 radical (unpaired) electrons. The summed E-state index contributed by atoms with van der Waals surface area (Å²) in [5.74, 6) is -1.30. The van der Waals surface area contributed by atoms with Crippen molar-refractivity contribution < 1.29 is 13.2 Å². The van der Waals surface area contributed by atoms with Crippen molar-refractivity contribution >= 4 is 16.3 Å². The van der Waals surface area contributed by atoms with Crippen LogP contribution in [0.3, 0.4) is 0 Å². The minimum absolute atomic E-state index is 0.0799. The van der Waals surface area contributed by atoms with Crippen LogP contribution in [0.1, 0.15) is 5.82 Å². The molecular weight excluding hydrogens is 291 g/mol. The average Bonchev–Trinajstić information content (AvgIpc) is 2.84. The number of nitrogens with zero attached hydrogens (tertiary/aromatic N) is 3. The van der Waals surface area contributed by atoms with E-state index in [0.29, 0.717) is 9.28 Å². The molecule has 0 N–H and O–H groups in total. The van der Waals surface area contributed by atoms with Crippen molar-refractivity contribution in [3.8, 4) is 10.4 Å². The molecule has 102 valence electrons. The van der Waals surface area contributed by atoms with Crippen LogP contribution in [0.2, 0.25) is 0 Å². The van der Waals surface area contributed by atoms with Gasteiger partial charge in [-0.1, -0.05) is 41.7 Å². The molecule has 8 heteroatoms. The second-order valence-electron chi connectivity index (χ2n) is 3.95. The molecule has 4 nitrogen and oxygen atoms in total. The normalized spacial score (nSPS) is 11.9. The quantitative estimate of drug-likeness (QED) is 0.694. The van der Waals surface area contributed by atoms with Crippen LogP contribution in [0.15, 0.2) is 41.2 Å². The van der Waals surface area contributed by atoms with Crippen LogP contribution >= 0.6 is 11.3 Å². The van der Waals surface area contributed by atoms with Crippen molar-refractivity contribution in [2.75, 3.05) is 0 Å². The number of alkyl halides is 3. The summed E-state index contributed by atoms with van der Waals surface area (Å²) in [6.45, 7) is 0. The molecule has 0 atom stereocenters. The van der Waals surface area contributed by atoms with Gasteiger partial charge in [0.25, 0.3) is 5.56 Å². The summed E-state index contributed by atoms with van der Waals surface area (Å²) in [6, 6.07) is 10.1. The van der Waals surface area contributed by atoms with Crippen LogP contribution < -0.4 is 5.56 Å². The number of fused-ring (bicyclic) bond motifs is 1. The standard InChI is InChI=1S/C12H6F3N3OS/c13-12(14,15)10-16-17-11-18(10)9(19)6-8(20-11)7-4-2-1-3-5-7/h1-6H. The summed E-state index contributed by atoms with van der Waals surface area (Å²) in [4.78, 5) is 12.4. The first kappa shape index (κ1) is 12.8. The maximum Gasteiger partial charge on any atom is 0.452 e. The third-order valence-corrected chi connectivity index (χ3v) is 3.64. The minimum Gasteiger partial charge on any atom is -0.269 e. The molecule has 3 rings (SSSR count). The first-order valence-corrected chi connectivity index (χ1v) is 6.30. The van der Waals surface area contributed by atoms with Gasteiger partial charge in [0.15, 0.2) is 0 Å². The Bertz CT molecular complexity index is 823. The third kappa shape index (κ3) is 2.07. The SMILES string of the molecule is O=c1cc(-c2ccccc2)sc2nnc(C(F)(F)F)n12. The summed E-state index contributed by atoms with van der Waals surface area (Å²) in [6.07, 6.45) is -4.71. The summed E-state index contributed by atoms with van der Waals surface area (Å²) in [5, 5.41) is 6.50. The zero-order chi connectivity index (χ0) is 14.3. The fourth-order valence-electron chi connectivity index (χ4n) is 1.77. The molecule has 2 heterocycles. The van der Waals surface area contributed by atoms with E-state index in [9.17, 15) is 18.0 Å². The molecule has 2 aromatic heterocycles. The maximum absolute atomic E-state index is 12.7. The molecule has 0 spiro atoms. The Morgan fingerprint density at radius 1 is 1.10 bits per heavy atom. The first-order chi connectivity index (χ1) is 9.47. The summed E-state index contributed by atoms with van der Waals surface area (Å²) >= 11 is 0.980. The number of benzene rings is 1. The van der Waals surface area contributed by atoms with Crippen LogP contribution in [0.4, 0.5) is 13.2 Å². The lowest BCUT2D eigenvalue weighted by Crippen LogP contribution is -2.19. The fraction of sp³-hybridized carbons (Fsp3) is 0.0833. The third-order valence-electron chi connectivity index (χ3n) is 2.62. The Morgan fingerprint density at radius 2 is 1.80 bits per heavy atom. The van der Waals surface area contributed by atoms with Gasteiger partial charge in [-0.25, -0.2) is 4.40 Å². The maximum atomic E-state index is 12.7. The van der Waals surface area contributed by atoms with E-state index >= 15 is 0 Å². The molecule has 0 saturated heterocycles. The van der Waals surface area contributed by atoms with Crippen LogP contribution in [0.5, 0.6) is 0 Å². The molecule has 3 aromatic rings. The molecule has 0 amide bonds. The van der Waals surface area contributed by atoms with E-state index in [2.05, 4.69) is 10.2 Å². The monoisotopic (exact) mass is 297 g/mol. The van der Waals surface area contributed by atoms with Crippen molar-refractivity contribution in [2.24, 2.45) is 0 Å². The predicted molar refractivity (Wildman–Crippen MR) is 67.6 cm³/mol.